The van der Waals surface area contributed by atoms with Gasteiger partial charge >= 0.3 is 0 Å². The number of aromatic amines is 1. The summed E-state index contributed by atoms with van der Waals surface area (Å²) in [6.45, 7) is 7.70. The van der Waals surface area contributed by atoms with E-state index >= 15 is 0 Å². The van der Waals surface area contributed by atoms with Crippen LogP contribution in [0.25, 0.3) is 0 Å². The Labute approximate surface area is 178 Å². The van der Waals surface area contributed by atoms with Gasteiger partial charge in [-0.05, 0) is 43.8 Å². The third-order valence-electron chi connectivity index (χ3n) is 6.93. The Morgan fingerprint density at radius 2 is 1.90 bits per heavy atom. The molecule has 1 aromatic heterocycles. The second-order valence-corrected chi connectivity index (χ2v) is 9.13. The Balaban J connectivity index is 1.21. The second-order valence-electron chi connectivity index (χ2n) is 9.13. The van der Waals surface area contributed by atoms with E-state index in [4.69, 9.17) is 9.72 Å². The number of piperidine rings is 1. The molecule has 160 valence electrons. The Kier molecular flexibility index (Phi) is 5.97. The summed E-state index contributed by atoms with van der Waals surface area (Å²) < 4.78 is 5.52. The lowest BCUT2D eigenvalue weighted by Gasteiger charge is -2.33. The van der Waals surface area contributed by atoms with Crippen LogP contribution in [0.5, 0.6) is 0 Å². The first-order chi connectivity index (χ1) is 14.7. The van der Waals surface area contributed by atoms with Crippen LogP contribution in [0.3, 0.4) is 0 Å². The Bertz CT molecular complexity index is 899. The third kappa shape index (κ3) is 4.51. The number of nitrogens with zero attached hydrogens (tertiary/aromatic N) is 3. The fraction of sp³-hybridized carbons (Fsp3) is 0.583. The summed E-state index contributed by atoms with van der Waals surface area (Å²) in [5.41, 5.74) is 3.24. The number of H-pyrrole nitrogens is 1. The summed E-state index contributed by atoms with van der Waals surface area (Å²) in [6.07, 6.45) is 4.21. The fourth-order valence-corrected chi connectivity index (χ4v) is 5.15. The van der Waals surface area contributed by atoms with Crippen LogP contribution in [-0.2, 0) is 24.2 Å². The van der Waals surface area contributed by atoms with Crippen molar-refractivity contribution in [3.63, 3.8) is 0 Å². The van der Waals surface area contributed by atoms with Crippen LogP contribution in [0.4, 0.5) is 0 Å². The van der Waals surface area contributed by atoms with Gasteiger partial charge in [0.05, 0.1) is 17.9 Å². The quantitative estimate of drug-likeness (QED) is 0.824. The maximum atomic E-state index is 12.9. The molecule has 2 fully saturated rings. The van der Waals surface area contributed by atoms with Gasteiger partial charge < -0.3 is 14.6 Å². The SMILES string of the molecule is O=c1[nH]c(C2CCN(CC3CCOC3)CC2)nc2c1CN(Cc1ccccc1)CC2. The van der Waals surface area contributed by atoms with Crippen LogP contribution >= 0.6 is 0 Å². The van der Waals surface area contributed by atoms with Crippen LogP contribution in [0.15, 0.2) is 35.1 Å². The summed E-state index contributed by atoms with van der Waals surface area (Å²) in [7, 11) is 0. The molecule has 1 aromatic carbocycles. The highest BCUT2D eigenvalue weighted by Gasteiger charge is 2.28. The molecule has 4 heterocycles. The number of hydrogen-bond donors (Lipinski definition) is 1. The molecule has 3 aliphatic rings. The second kappa shape index (κ2) is 9.00. The summed E-state index contributed by atoms with van der Waals surface area (Å²) >= 11 is 0. The molecule has 1 atom stereocenters. The van der Waals surface area contributed by atoms with E-state index in [1.165, 1.54) is 12.0 Å². The van der Waals surface area contributed by atoms with Crippen LogP contribution in [-0.4, -0.2) is 59.2 Å². The van der Waals surface area contributed by atoms with Crippen molar-refractivity contribution in [1.29, 1.82) is 0 Å². The van der Waals surface area contributed by atoms with Gasteiger partial charge in [-0.15, -0.1) is 0 Å². The average Bonchev–Trinajstić information content (AvgIpc) is 3.28. The van der Waals surface area contributed by atoms with Gasteiger partial charge in [0.2, 0.25) is 0 Å². The van der Waals surface area contributed by atoms with Crippen molar-refractivity contribution in [2.24, 2.45) is 5.92 Å². The highest BCUT2D eigenvalue weighted by molar-refractivity contribution is 5.23. The highest BCUT2D eigenvalue weighted by Crippen LogP contribution is 2.27. The molecule has 0 radical (unpaired) electrons. The van der Waals surface area contributed by atoms with E-state index in [1.807, 2.05) is 6.07 Å². The van der Waals surface area contributed by atoms with Gasteiger partial charge in [-0.25, -0.2) is 4.98 Å². The smallest absolute Gasteiger partial charge is 0.255 e. The molecule has 2 saturated heterocycles. The van der Waals surface area contributed by atoms with Crippen molar-refractivity contribution >= 4 is 0 Å². The van der Waals surface area contributed by atoms with Gasteiger partial charge in [0, 0.05) is 45.1 Å². The lowest BCUT2D eigenvalue weighted by atomic mass is 9.94. The van der Waals surface area contributed by atoms with Gasteiger partial charge in [-0.2, -0.15) is 0 Å². The molecule has 0 amide bonds. The first-order valence-electron chi connectivity index (χ1n) is 11.4. The molecular weight excluding hydrogens is 376 g/mol. The number of benzene rings is 1. The van der Waals surface area contributed by atoms with E-state index in [2.05, 4.69) is 39.0 Å². The van der Waals surface area contributed by atoms with Crippen LogP contribution in [0.2, 0.25) is 0 Å². The van der Waals surface area contributed by atoms with Gasteiger partial charge in [-0.3, -0.25) is 9.69 Å². The first-order valence-corrected chi connectivity index (χ1v) is 11.4. The molecule has 1 N–H and O–H groups in total. The topological polar surface area (TPSA) is 61.5 Å². The number of rotatable bonds is 5. The molecule has 0 aliphatic carbocycles. The van der Waals surface area contributed by atoms with E-state index in [1.54, 1.807) is 0 Å². The Hall–Kier alpha value is -2.02. The Morgan fingerprint density at radius 3 is 2.67 bits per heavy atom. The van der Waals surface area contributed by atoms with Gasteiger partial charge in [-0.1, -0.05) is 30.3 Å². The standard InChI is InChI=1S/C24H32N4O2/c29-24-21-16-28(14-18-4-2-1-3-5-18)12-8-22(21)25-23(26-24)20-6-10-27(11-7-20)15-19-9-13-30-17-19/h1-5,19-20H,6-17H2,(H,25,26,29). The predicted octanol–water partition coefficient (Wildman–Crippen LogP) is 2.54. The van der Waals surface area contributed by atoms with Crippen molar-refractivity contribution in [3.8, 4) is 0 Å². The molecule has 0 saturated carbocycles. The number of fused-ring (bicyclic) bond motifs is 1. The van der Waals surface area contributed by atoms with Crippen molar-refractivity contribution < 1.29 is 4.74 Å². The number of nitrogens with one attached hydrogen (secondary N) is 1. The van der Waals surface area contributed by atoms with Gasteiger partial charge in [0.15, 0.2) is 0 Å². The molecule has 3 aliphatic heterocycles. The minimum Gasteiger partial charge on any atom is -0.381 e. The van der Waals surface area contributed by atoms with Crippen molar-refractivity contribution in [1.82, 2.24) is 19.8 Å². The average molecular weight is 409 g/mol. The number of hydrogen-bond acceptors (Lipinski definition) is 5. The third-order valence-corrected chi connectivity index (χ3v) is 6.93. The maximum absolute atomic E-state index is 12.9. The number of ether oxygens (including phenoxy) is 1. The summed E-state index contributed by atoms with van der Waals surface area (Å²) in [5.74, 6) is 1.99. The first kappa shape index (κ1) is 19.9. The summed E-state index contributed by atoms with van der Waals surface area (Å²) in [5, 5.41) is 0. The fourth-order valence-electron chi connectivity index (χ4n) is 5.15. The molecule has 0 spiro atoms. The zero-order valence-corrected chi connectivity index (χ0v) is 17.7. The van der Waals surface area contributed by atoms with E-state index in [0.29, 0.717) is 18.4 Å². The number of aromatic nitrogens is 2. The zero-order chi connectivity index (χ0) is 20.3. The van der Waals surface area contributed by atoms with E-state index in [0.717, 1.165) is 82.3 Å². The summed E-state index contributed by atoms with van der Waals surface area (Å²) in [4.78, 5) is 25.9. The molecule has 1 unspecified atom stereocenters. The minimum atomic E-state index is 0.0679. The highest BCUT2D eigenvalue weighted by atomic mass is 16.5. The van der Waals surface area contributed by atoms with Crippen molar-refractivity contribution in [3.05, 3.63) is 63.3 Å². The Morgan fingerprint density at radius 1 is 1.07 bits per heavy atom. The van der Waals surface area contributed by atoms with E-state index in [-0.39, 0.29) is 5.56 Å². The van der Waals surface area contributed by atoms with Gasteiger partial charge in [0.25, 0.3) is 5.56 Å². The molecular formula is C24H32N4O2. The van der Waals surface area contributed by atoms with Crippen LogP contribution in [0, 0.1) is 5.92 Å². The largest absolute Gasteiger partial charge is 0.381 e. The number of likely N-dealkylation sites (tertiary alicyclic amines) is 1. The maximum Gasteiger partial charge on any atom is 0.255 e. The normalized spacial score (nSPS) is 23.5. The van der Waals surface area contributed by atoms with E-state index in [9.17, 15) is 4.79 Å². The van der Waals surface area contributed by atoms with Crippen LogP contribution < -0.4 is 5.56 Å². The minimum absolute atomic E-state index is 0.0679. The predicted molar refractivity (Wildman–Crippen MR) is 116 cm³/mol. The van der Waals surface area contributed by atoms with Crippen molar-refractivity contribution in [2.75, 3.05) is 39.4 Å². The molecule has 0 bridgehead atoms. The van der Waals surface area contributed by atoms with Crippen molar-refractivity contribution in [2.45, 2.75) is 44.7 Å². The monoisotopic (exact) mass is 408 g/mol. The van der Waals surface area contributed by atoms with Gasteiger partial charge in [0.1, 0.15) is 5.82 Å². The zero-order valence-electron chi connectivity index (χ0n) is 17.7. The molecule has 5 rings (SSSR count). The molecule has 6 nitrogen and oxygen atoms in total. The lowest BCUT2D eigenvalue weighted by molar-refractivity contribution is 0.151. The summed E-state index contributed by atoms with van der Waals surface area (Å²) in [6, 6.07) is 10.5. The lowest BCUT2D eigenvalue weighted by Crippen LogP contribution is -2.39. The molecule has 30 heavy (non-hydrogen) atoms. The molecule has 6 heteroatoms. The van der Waals surface area contributed by atoms with E-state index < -0.39 is 0 Å². The van der Waals surface area contributed by atoms with Crippen LogP contribution in [0.1, 0.15) is 47.8 Å². The molecule has 2 aromatic rings.